The van der Waals surface area contributed by atoms with Gasteiger partial charge in [-0.05, 0) is 153 Å². The van der Waals surface area contributed by atoms with Gasteiger partial charge in [-0.3, -0.25) is 0 Å². The normalized spacial score (nSPS) is 11.4. The molecule has 588 valence electrons. The monoisotopic (exact) mass is 1650 g/mol. The standard InChI is InChI=1S/C57H36N4S2.C57H38N4S/c1-4-15-37(16-5-1)39-27-31-42(32-28-39)61(43-33-29-40(30-34-43)38-17-6-2-7-18-38)44-35-48(54-46-22-11-13-25-50(46)63-52(54)36-44)57-59-55(41-19-8-3-9-20-41)58-56(60-57)47-23-14-26-51-53(47)45-21-10-12-24-49(45)62-51;1-5-15-39(16-6-1)41-29-33-47(34-30-41)61(48-35-31-42(32-36-48)40-17-7-2-8-18-40)49-37-51(54-50-23-13-14-24-52(50)62-53(54)38-49)43-25-27-46(28-26-43)57-59-55(44-19-9-3-10-20-44)58-56(60-57)45-21-11-4-12-22-45/h1-36H;1-38H. The number of benzene rings is 18. The molecule has 0 aliphatic rings. The van der Waals surface area contributed by atoms with E-state index in [2.05, 4.69) is 380 Å². The third-order valence-corrected chi connectivity index (χ3v) is 26.5. The summed E-state index contributed by atoms with van der Waals surface area (Å²) in [6.45, 7) is 0. The van der Waals surface area contributed by atoms with Gasteiger partial charge in [0.15, 0.2) is 34.9 Å². The molecule has 0 spiro atoms. The van der Waals surface area contributed by atoms with Gasteiger partial charge in [0.05, 0.1) is 0 Å². The van der Waals surface area contributed by atoms with Crippen molar-refractivity contribution in [2.45, 2.75) is 0 Å². The van der Waals surface area contributed by atoms with Gasteiger partial charge in [0.1, 0.15) is 0 Å². The second-order valence-corrected chi connectivity index (χ2v) is 34.1. The molecule has 23 aromatic rings. The van der Waals surface area contributed by atoms with Crippen LogP contribution in [0.15, 0.2) is 449 Å². The van der Waals surface area contributed by atoms with Crippen molar-refractivity contribution in [3.05, 3.63) is 449 Å². The van der Waals surface area contributed by atoms with Crippen LogP contribution in [-0.4, -0.2) is 29.9 Å². The Morgan fingerprint density at radius 2 is 0.376 bits per heavy atom. The minimum Gasteiger partial charge on any atom is -0.310 e. The molecule has 0 unspecified atom stereocenters. The van der Waals surface area contributed by atoms with Crippen molar-refractivity contribution in [1.29, 1.82) is 0 Å². The molecule has 125 heavy (non-hydrogen) atoms. The predicted molar refractivity (Wildman–Crippen MR) is 527 cm³/mol. The van der Waals surface area contributed by atoms with Crippen molar-refractivity contribution in [2.75, 3.05) is 9.80 Å². The van der Waals surface area contributed by atoms with Crippen molar-refractivity contribution in [3.63, 3.8) is 0 Å². The second-order valence-electron chi connectivity index (χ2n) is 30.8. The van der Waals surface area contributed by atoms with Gasteiger partial charge in [0, 0.05) is 128 Å². The summed E-state index contributed by atoms with van der Waals surface area (Å²) in [5, 5.41) is 7.18. The minimum atomic E-state index is 0.629. The van der Waals surface area contributed by atoms with Crippen LogP contribution >= 0.6 is 34.0 Å². The van der Waals surface area contributed by atoms with E-state index in [-0.39, 0.29) is 0 Å². The summed E-state index contributed by atoms with van der Waals surface area (Å²) in [6, 6.07) is 159. The van der Waals surface area contributed by atoms with Gasteiger partial charge in [0.2, 0.25) is 0 Å². The topological polar surface area (TPSA) is 83.8 Å². The molecule has 0 aliphatic carbocycles. The molecular formula is C114H74N8S3. The van der Waals surface area contributed by atoms with Crippen LogP contribution in [0.3, 0.4) is 0 Å². The first kappa shape index (κ1) is 75.5. The van der Waals surface area contributed by atoms with Gasteiger partial charge < -0.3 is 9.80 Å². The Morgan fingerprint density at radius 3 is 0.728 bits per heavy atom. The van der Waals surface area contributed by atoms with Crippen LogP contribution in [-0.2, 0) is 0 Å². The summed E-state index contributed by atoms with van der Waals surface area (Å²) in [4.78, 5) is 35.8. The van der Waals surface area contributed by atoms with E-state index in [0.29, 0.717) is 34.9 Å². The fourth-order valence-electron chi connectivity index (χ4n) is 17.0. The zero-order valence-electron chi connectivity index (χ0n) is 67.5. The van der Waals surface area contributed by atoms with Crippen molar-refractivity contribution < 1.29 is 0 Å². The summed E-state index contributed by atoms with van der Waals surface area (Å²) in [7, 11) is 0. The number of anilines is 6. The molecule has 8 nitrogen and oxygen atoms in total. The van der Waals surface area contributed by atoms with E-state index in [4.69, 9.17) is 29.9 Å². The number of nitrogens with zero attached hydrogens (tertiary/aromatic N) is 8. The molecule has 0 N–H and O–H groups in total. The van der Waals surface area contributed by atoms with Crippen molar-refractivity contribution >= 4 is 129 Å². The maximum Gasteiger partial charge on any atom is 0.164 e. The van der Waals surface area contributed by atoms with E-state index in [0.717, 1.165) is 83.2 Å². The summed E-state index contributed by atoms with van der Waals surface area (Å²) in [5.74, 6) is 3.83. The highest BCUT2D eigenvalue weighted by Crippen LogP contribution is 2.50. The SMILES string of the molecule is c1ccc(-c2ccc(N(c3ccc(-c4ccccc4)cc3)c3cc(-c4ccc(-c5nc(-c6ccccc6)nc(-c6ccccc6)n5)cc4)c4c(c3)sc3ccccc34)cc2)cc1.c1ccc(-c2ccc(N(c3ccc(-c4ccccc4)cc3)c3cc(-c4nc(-c5ccccc5)nc(-c5cccc6sc7ccccc7c56)n4)c4c(c3)sc3ccccc34)cc2)cc1. The summed E-state index contributed by atoms with van der Waals surface area (Å²) >= 11 is 5.44. The summed E-state index contributed by atoms with van der Waals surface area (Å²) in [5.41, 5.74) is 23.8. The van der Waals surface area contributed by atoms with E-state index >= 15 is 0 Å². The smallest absolute Gasteiger partial charge is 0.164 e. The molecular weight excluding hydrogens is 1580 g/mol. The van der Waals surface area contributed by atoms with E-state index in [1.165, 1.54) is 101 Å². The van der Waals surface area contributed by atoms with Crippen LogP contribution in [0.2, 0.25) is 0 Å². The maximum atomic E-state index is 5.48. The molecule has 0 aliphatic heterocycles. The van der Waals surface area contributed by atoms with Gasteiger partial charge in [-0.15, -0.1) is 34.0 Å². The molecule has 0 atom stereocenters. The quantitative estimate of drug-likeness (QED) is 0.0892. The zero-order valence-corrected chi connectivity index (χ0v) is 70.0. The molecule has 5 heterocycles. The Hall–Kier alpha value is -15.8. The largest absolute Gasteiger partial charge is 0.310 e. The molecule has 0 fully saturated rings. The van der Waals surface area contributed by atoms with Crippen LogP contribution in [0.5, 0.6) is 0 Å². The van der Waals surface area contributed by atoms with Crippen molar-refractivity contribution in [1.82, 2.24) is 29.9 Å². The van der Waals surface area contributed by atoms with Gasteiger partial charge in [-0.25, -0.2) is 29.9 Å². The maximum absolute atomic E-state index is 5.48. The average Bonchev–Trinajstić information content (AvgIpc) is 1.64. The number of aromatic nitrogens is 6. The third-order valence-electron chi connectivity index (χ3n) is 23.1. The van der Waals surface area contributed by atoms with E-state index in [1.54, 1.807) is 22.7 Å². The lowest BCUT2D eigenvalue weighted by molar-refractivity contribution is 1.07. The van der Waals surface area contributed by atoms with Gasteiger partial charge in [0.25, 0.3) is 0 Å². The van der Waals surface area contributed by atoms with Crippen molar-refractivity contribution in [2.24, 2.45) is 0 Å². The van der Waals surface area contributed by atoms with Crippen LogP contribution in [0.25, 0.3) is 184 Å². The number of thiophene rings is 3. The van der Waals surface area contributed by atoms with Crippen LogP contribution in [0.1, 0.15) is 0 Å². The number of fused-ring (bicyclic) bond motifs is 9. The molecule has 0 saturated heterocycles. The molecule has 5 aromatic heterocycles. The molecule has 0 amide bonds. The first-order chi connectivity index (χ1) is 61.9. The highest BCUT2D eigenvalue weighted by atomic mass is 32.1. The Kier molecular flexibility index (Phi) is 20.1. The van der Waals surface area contributed by atoms with E-state index in [9.17, 15) is 0 Å². The van der Waals surface area contributed by atoms with Crippen LogP contribution < -0.4 is 9.80 Å². The summed E-state index contributed by atoms with van der Waals surface area (Å²) < 4.78 is 7.30. The second kappa shape index (κ2) is 33.3. The number of rotatable bonds is 17. The highest BCUT2D eigenvalue weighted by Gasteiger charge is 2.26. The van der Waals surface area contributed by atoms with E-state index in [1.807, 2.05) is 90.2 Å². The Morgan fingerprint density at radius 1 is 0.144 bits per heavy atom. The lowest BCUT2D eigenvalue weighted by atomic mass is 9.97. The first-order valence-electron chi connectivity index (χ1n) is 41.8. The number of hydrogen-bond donors (Lipinski definition) is 0. The molecule has 0 saturated carbocycles. The van der Waals surface area contributed by atoms with Gasteiger partial charge in [-0.1, -0.05) is 352 Å². The minimum absolute atomic E-state index is 0.629. The molecule has 23 rings (SSSR count). The zero-order chi connectivity index (χ0) is 82.9. The summed E-state index contributed by atoms with van der Waals surface area (Å²) in [6.07, 6.45) is 0. The van der Waals surface area contributed by atoms with Crippen molar-refractivity contribution in [3.8, 4) is 124 Å². The fourth-order valence-corrected chi connectivity index (χ4v) is 20.5. The molecule has 0 bridgehead atoms. The van der Waals surface area contributed by atoms with Gasteiger partial charge in [-0.2, -0.15) is 0 Å². The highest BCUT2D eigenvalue weighted by molar-refractivity contribution is 7.26. The molecule has 18 aromatic carbocycles. The first-order valence-corrected chi connectivity index (χ1v) is 44.2. The fraction of sp³-hybridized carbons (Fsp3) is 0. The van der Waals surface area contributed by atoms with Crippen LogP contribution in [0, 0.1) is 0 Å². The Balaban J connectivity index is 0.000000148. The third kappa shape index (κ3) is 15.0. The Labute approximate surface area is 735 Å². The van der Waals surface area contributed by atoms with Gasteiger partial charge >= 0.3 is 0 Å². The average molecular weight is 1650 g/mol. The molecule has 0 radical (unpaired) electrons. The number of hydrogen-bond acceptors (Lipinski definition) is 11. The van der Waals surface area contributed by atoms with Crippen LogP contribution in [0.4, 0.5) is 34.1 Å². The predicted octanol–water partition coefficient (Wildman–Crippen LogP) is 32.1. The Bertz CT molecular complexity index is 7610. The lowest BCUT2D eigenvalue weighted by Crippen LogP contribution is -2.10. The lowest BCUT2D eigenvalue weighted by Gasteiger charge is -2.27. The molecule has 11 heteroatoms. The van der Waals surface area contributed by atoms with E-state index < -0.39 is 0 Å².